The van der Waals surface area contributed by atoms with Crippen LogP contribution in [-0.4, -0.2) is 31.1 Å². The van der Waals surface area contributed by atoms with Crippen molar-refractivity contribution in [3.05, 3.63) is 28.7 Å². The van der Waals surface area contributed by atoms with E-state index in [9.17, 15) is 0 Å². The topological polar surface area (TPSA) is 12.5 Å². The van der Waals surface area contributed by atoms with Crippen LogP contribution in [0.1, 0.15) is 20.3 Å². The molecular weight excluding hydrogens is 290 g/mol. The largest absolute Gasteiger partial charge is 0.492 e. The highest BCUT2D eigenvalue weighted by Gasteiger charge is 2.21. The molecular formula is C15H22BrNO. The maximum absolute atomic E-state index is 5.79. The van der Waals surface area contributed by atoms with Crippen molar-refractivity contribution in [2.45, 2.75) is 20.3 Å². The van der Waals surface area contributed by atoms with Crippen LogP contribution in [0.4, 0.5) is 0 Å². The first-order valence-corrected chi connectivity index (χ1v) is 7.53. The van der Waals surface area contributed by atoms with E-state index in [1.165, 1.54) is 19.5 Å². The summed E-state index contributed by atoms with van der Waals surface area (Å²) in [6.45, 7) is 8.92. The zero-order valence-corrected chi connectivity index (χ0v) is 12.8. The van der Waals surface area contributed by atoms with Crippen LogP contribution in [0.5, 0.6) is 5.75 Å². The van der Waals surface area contributed by atoms with Gasteiger partial charge in [-0.2, -0.15) is 0 Å². The standard InChI is InChI=1S/C15H22BrNO/c1-12-8-13(2)11-17(10-12)6-7-18-15-5-3-4-14(16)9-15/h3-5,9,12-13H,6-8,10-11H2,1-2H3. The van der Waals surface area contributed by atoms with Gasteiger partial charge in [-0.1, -0.05) is 35.8 Å². The van der Waals surface area contributed by atoms with Gasteiger partial charge in [-0.25, -0.2) is 0 Å². The highest BCUT2D eigenvalue weighted by atomic mass is 79.9. The molecule has 2 nitrogen and oxygen atoms in total. The highest BCUT2D eigenvalue weighted by Crippen LogP contribution is 2.21. The van der Waals surface area contributed by atoms with Crippen molar-refractivity contribution in [1.82, 2.24) is 4.90 Å². The SMILES string of the molecule is CC1CC(C)CN(CCOc2cccc(Br)c2)C1. The van der Waals surface area contributed by atoms with Gasteiger partial charge in [-0.05, 0) is 36.5 Å². The third kappa shape index (κ3) is 4.29. The number of hydrogen-bond acceptors (Lipinski definition) is 2. The molecule has 1 aliphatic heterocycles. The van der Waals surface area contributed by atoms with Gasteiger partial charge in [0.2, 0.25) is 0 Å². The Bertz CT molecular complexity index is 373. The molecule has 1 heterocycles. The molecule has 3 heteroatoms. The van der Waals surface area contributed by atoms with Crippen molar-refractivity contribution < 1.29 is 4.74 Å². The average Bonchev–Trinajstić information content (AvgIpc) is 2.27. The molecule has 1 aromatic rings. The number of nitrogens with zero attached hydrogens (tertiary/aromatic N) is 1. The number of hydrogen-bond donors (Lipinski definition) is 0. The van der Waals surface area contributed by atoms with Gasteiger partial charge in [0.15, 0.2) is 0 Å². The molecule has 0 bridgehead atoms. The lowest BCUT2D eigenvalue weighted by molar-refractivity contribution is 0.120. The van der Waals surface area contributed by atoms with Gasteiger partial charge in [0, 0.05) is 24.1 Å². The third-order valence-electron chi connectivity index (χ3n) is 3.42. The van der Waals surface area contributed by atoms with Crippen LogP contribution in [-0.2, 0) is 0 Å². The van der Waals surface area contributed by atoms with Crippen LogP contribution in [0.3, 0.4) is 0 Å². The van der Waals surface area contributed by atoms with Gasteiger partial charge >= 0.3 is 0 Å². The zero-order valence-electron chi connectivity index (χ0n) is 11.2. The lowest BCUT2D eigenvalue weighted by Gasteiger charge is -2.34. The van der Waals surface area contributed by atoms with E-state index < -0.39 is 0 Å². The van der Waals surface area contributed by atoms with Crippen LogP contribution < -0.4 is 4.74 Å². The summed E-state index contributed by atoms with van der Waals surface area (Å²) in [6, 6.07) is 8.04. The summed E-state index contributed by atoms with van der Waals surface area (Å²) in [4.78, 5) is 2.52. The van der Waals surface area contributed by atoms with Crippen LogP contribution in [0.2, 0.25) is 0 Å². The molecule has 2 unspecified atom stereocenters. The fraction of sp³-hybridized carbons (Fsp3) is 0.600. The Morgan fingerprint density at radius 2 is 2.00 bits per heavy atom. The maximum Gasteiger partial charge on any atom is 0.120 e. The molecule has 0 radical (unpaired) electrons. The fourth-order valence-electron chi connectivity index (χ4n) is 2.82. The Hall–Kier alpha value is -0.540. The number of benzene rings is 1. The lowest BCUT2D eigenvalue weighted by Crippen LogP contribution is -2.40. The average molecular weight is 312 g/mol. The second-order valence-corrected chi connectivity index (χ2v) is 6.43. The van der Waals surface area contributed by atoms with Crippen molar-refractivity contribution in [1.29, 1.82) is 0 Å². The third-order valence-corrected chi connectivity index (χ3v) is 3.91. The smallest absolute Gasteiger partial charge is 0.120 e. The van der Waals surface area contributed by atoms with Crippen LogP contribution in [0.15, 0.2) is 28.7 Å². The first kappa shape index (κ1) is 13.9. The van der Waals surface area contributed by atoms with Crippen molar-refractivity contribution in [3.63, 3.8) is 0 Å². The van der Waals surface area contributed by atoms with E-state index in [2.05, 4.69) is 34.7 Å². The monoisotopic (exact) mass is 311 g/mol. The first-order valence-electron chi connectivity index (χ1n) is 6.74. The number of halogens is 1. The summed E-state index contributed by atoms with van der Waals surface area (Å²) in [5, 5.41) is 0. The van der Waals surface area contributed by atoms with Gasteiger partial charge in [0.1, 0.15) is 12.4 Å². The van der Waals surface area contributed by atoms with Gasteiger partial charge in [0.25, 0.3) is 0 Å². The molecule has 0 N–H and O–H groups in total. The predicted octanol–water partition coefficient (Wildman–Crippen LogP) is 3.81. The Morgan fingerprint density at radius 3 is 2.67 bits per heavy atom. The number of ether oxygens (including phenoxy) is 1. The predicted molar refractivity (Wildman–Crippen MR) is 79.0 cm³/mol. The molecule has 0 saturated carbocycles. The molecule has 1 saturated heterocycles. The van der Waals surface area contributed by atoms with Gasteiger partial charge < -0.3 is 4.74 Å². The fourth-order valence-corrected chi connectivity index (χ4v) is 3.20. The molecule has 0 aromatic heterocycles. The quantitative estimate of drug-likeness (QED) is 0.838. The highest BCUT2D eigenvalue weighted by molar-refractivity contribution is 9.10. The molecule has 2 rings (SSSR count). The Morgan fingerprint density at radius 1 is 1.28 bits per heavy atom. The second-order valence-electron chi connectivity index (χ2n) is 5.51. The number of rotatable bonds is 4. The first-order chi connectivity index (χ1) is 8.63. The normalized spacial score (nSPS) is 25.1. The van der Waals surface area contributed by atoms with Crippen LogP contribution in [0.25, 0.3) is 0 Å². The van der Waals surface area contributed by atoms with Crippen molar-refractivity contribution >= 4 is 15.9 Å². The van der Waals surface area contributed by atoms with E-state index in [-0.39, 0.29) is 0 Å². The van der Waals surface area contributed by atoms with Crippen molar-refractivity contribution in [3.8, 4) is 5.75 Å². The number of piperidine rings is 1. The zero-order chi connectivity index (χ0) is 13.0. The summed E-state index contributed by atoms with van der Waals surface area (Å²) in [5.74, 6) is 2.58. The van der Waals surface area contributed by atoms with E-state index in [0.717, 1.165) is 35.2 Å². The molecule has 0 aliphatic carbocycles. The van der Waals surface area contributed by atoms with E-state index in [0.29, 0.717) is 0 Å². The molecule has 1 aliphatic rings. The summed E-state index contributed by atoms with van der Waals surface area (Å²) in [6.07, 6.45) is 1.36. The molecule has 100 valence electrons. The van der Waals surface area contributed by atoms with E-state index in [4.69, 9.17) is 4.74 Å². The van der Waals surface area contributed by atoms with Crippen LogP contribution >= 0.6 is 15.9 Å². The Labute approximate surface area is 118 Å². The van der Waals surface area contributed by atoms with E-state index in [1.807, 2.05) is 24.3 Å². The molecule has 2 atom stereocenters. The Balaban J connectivity index is 1.75. The molecule has 0 spiro atoms. The Kier molecular flexibility index (Phi) is 5.07. The molecule has 1 fully saturated rings. The van der Waals surface area contributed by atoms with E-state index in [1.54, 1.807) is 0 Å². The molecule has 18 heavy (non-hydrogen) atoms. The van der Waals surface area contributed by atoms with Crippen molar-refractivity contribution in [2.75, 3.05) is 26.2 Å². The minimum Gasteiger partial charge on any atom is -0.492 e. The summed E-state index contributed by atoms with van der Waals surface area (Å²) < 4.78 is 6.86. The number of likely N-dealkylation sites (tertiary alicyclic amines) is 1. The van der Waals surface area contributed by atoms with Gasteiger partial charge in [-0.3, -0.25) is 4.90 Å². The maximum atomic E-state index is 5.79. The second kappa shape index (κ2) is 6.58. The minimum atomic E-state index is 0.774. The van der Waals surface area contributed by atoms with E-state index >= 15 is 0 Å². The van der Waals surface area contributed by atoms with Crippen molar-refractivity contribution in [2.24, 2.45) is 11.8 Å². The van der Waals surface area contributed by atoms with Gasteiger partial charge in [0.05, 0.1) is 0 Å². The minimum absolute atomic E-state index is 0.774. The summed E-state index contributed by atoms with van der Waals surface area (Å²) in [7, 11) is 0. The molecule has 0 amide bonds. The van der Waals surface area contributed by atoms with Gasteiger partial charge in [-0.15, -0.1) is 0 Å². The lowest BCUT2D eigenvalue weighted by atomic mass is 9.92. The van der Waals surface area contributed by atoms with Crippen LogP contribution in [0, 0.1) is 11.8 Å². The summed E-state index contributed by atoms with van der Waals surface area (Å²) >= 11 is 3.46. The molecule has 1 aromatic carbocycles. The summed E-state index contributed by atoms with van der Waals surface area (Å²) in [5.41, 5.74) is 0.